The molecule has 0 saturated heterocycles. The molecule has 5 heteroatoms. The third-order valence-electron chi connectivity index (χ3n) is 5.98. The lowest BCUT2D eigenvalue weighted by Gasteiger charge is -2.14. The molecule has 1 saturated carbocycles. The zero-order valence-corrected chi connectivity index (χ0v) is 18.7. The molecule has 0 bridgehead atoms. The second kappa shape index (κ2) is 9.05. The van der Waals surface area contributed by atoms with Crippen molar-refractivity contribution in [3.63, 3.8) is 0 Å². The number of aromatic amines is 1. The molecule has 33 heavy (non-hydrogen) atoms. The fourth-order valence-electron chi connectivity index (χ4n) is 4.36. The van der Waals surface area contributed by atoms with E-state index in [4.69, 9.17) is 16.3 Å². The smallest absolute Gasteiger partial charge is 0.353 e. The van der Waals surface area contributed by atoms with Crippen LogP contribution in [0.2, 0.25) is 5.02 Å². The van der Waals surface area contributed by atoms with E-state index in [0.717, 1.165) is 40.8 Å². The van der Waals surface area contributed by atoms with Crippen LogP contribution in [0.5, 0.6) is 5.75 Å². The summed E-state index contributed by atoms with van der Waals surface area (Å²) in [5.41, 5.74) is 4.00. The lowest BCUT2D eigenvalue weighted by Crippen LogP contribution is -2.10. The minimum atomic E-state index is -1.10. The molecule has 5 rings (SSSR count). The Labute approximate surface area is 197 Å². The van der Waals surface area contributed by atoms with Crippen LogP contribution < -0.4 is 4.74 Å². The van der Waals surface area contributed by atoms with Gasteiger partial charge in [-0.25, -0.2) is 4.79 Å². The van der Waals surface area contributed by atoms with Gasteiger partial charge < -0.3 is 14.8 Å². The number of ether oxygens (including phenoxy) is 1. The van der Waals surface area contributed by atoms with E-state index in [2.05, 4.69) is 16.8 Å². The maximum Gasteiger partial charge on any atom is 0.353 e. The third kappa shape index (κ3) is 4.33. The fourth-order valence-corrected chi connectivity index (χ4v) is 4.68. The van der Waals surface area contributed by atoms with Crippen LogP contribution in [0, 0.1) is 11.8 Å². The summed E-state index contributed by atoms with van der Waals surface area (Å²) in [6, 6.07) is 21.3. The maximum atomic E-state index is 11.7. The van der Waals surface area contributed by atoms with Crippen molar-refractivity contribution in [1.82, 2.24) is 4.98 Å². The number of hydrogen-bond acceptors (Lipinski definition) is 2. The van der Waals surface area contributed by atoms with E-state index in [1.54, 1.807) is 0 Å². The van der Waals surface area contributed by atoms with Crippen molar-refractivity contribution in [1.29, 1.82) is 0 Å². The monoisotopic (exact) mass is 455 g/mol. The average Bonchev–Trinajstić information content (AvgIpc) is 3.46. The largest absolute Gasteiger partial charge is 0.490 e. The summed E-state index contributed by atoms with van der Waals surface area (Å²) in [4.78, 5) is 14.6. The molecule has 0 radical (unpaired) electrons. The van der Waals surface area contributed by atoms with Crippen LogP contribution in [-0.4, -0.2) is 22.2 Å². The summed E-state index contributed by atoms with van der Waals surface area (Å²) in [6.45, 7) is 0. The second-order valence-electron chi connectivity index (χ2n) is 8.19. The number of H-pyrrole nitrogens is 1. The quantitative estimate of drug-likeness (QED) is 0.329. The molecule has 4 nitrogen and oxygen atoms in total. The van der Waals surface area contributed by atoms with Crippen molar-refractivity contribution in [3.05, 3.63) is 88.6 Å². The van der Waals surface area contributed by atoms with E-state index >= 15 is 0 Å². The van der Waals surface area contributed by atoms with Gasteiger partial charge in [-0.1, -0.05) is 53.8 Å². The van der Waals surface area contributed by atoms with Crippen molar-refractivity contribution < 1.29 is 14.6 Å². The molecule has 4 aromatic rings. The number of aromatic carboxylic acids is 1. The van der Waals surface area contributed by atoms with E-state index in [-0.39, 0.29) is 16.8 Å². The van der Waals surface area contributed by atoms with Gasteiger partial charge in [0.05, 0.1) is 11.1 Å². The first kappa shape index (κ1) is 21.2. The van der Waals surface area contributed by atoms with Gasteiger partial charge in [-0.05, 0) is 67.6 Å². The third-order valence-corrected chi connectivity index (χ3v) is 6.36. The lowest BCUT2D eigenvalue weighted by molar-refractivity contribution is 0.0691. The minimum Gasteiger partial charge on any atom is -0.490 e. The number of fused-ring (bicyclic) bond motifs is 1. The van der Waals surface area contributed by atoms with E-state index in [9.17, 15) is 9.90 Å². The van der Waals surface area contributed by atoms with Crippen molar-refractivity contribution in [2.24, 2.45) is 0 Å². The molecule has 3 aromatic carbocycles. The highest BCUT2D eigenvalue weighted by molar-refractivity contribution is 6.39. The molecule has 0 amide bonds. The van der Waals surface area contributed by atoms with Crippen molar-refractivity contribution >= 4 is 28.5 Å². The van der Waals surface area contributed by atoms with Crippen LogP contribution in [0.3, 0.4) is 0 Å². The number of halogens is 1. The molecule has 1 aromatic heterocycles. The number of rotatable bonds is 4. The Kier molecular flexibility index (Phi) is 5.81. The van der Waals surface area contributed by atoms with E-state index in [0.29, 0.717) is 10.9 Å². The number of carboxylic acids is 1. The number of benzene rings is 3. The fraction of sp³-hybridized carbons (Fsp3) is 0.179. The van der Waals surface area contributed by atoms with Gasteiger partial charge in [0.1, 0.15) is 11.4 Å². The summed E-state index contributed by atoms with van der Waals surface area (Å²) < 4.78 is 6.11. The molecule has 0 unspecified atom stereocenters. The lowest BCUT2D eigenvalue weighted by atomic mass is 9.95. The topological polar surface area (TPSA) is 62.3 Å². The van der Waals surface area contributed by atoms with Gasteiger partial charge in [0.15, 0.2) is 0 Å². The molecule has 1 fully saturated rings. The second-order valence-corrected chi connectivity index (χ2v) is 8.57. The number of nitrogens with one attached hydrogen (secondary N) is 1. The van der Waals surface area contributed by atoms with Gasteiger partial charge in [0.25, 0.3) is 0 Å². The molecule has 0 atom stereocenters. The van der Waals surface area contributed by atoms with Crippen molar-refractivity contribution in [2.75, 3.05) is 0 Å². The Hall–Kier alpha value is -3.68. The summed E-state index contributed by atoms with van der Waals surface area (Å²) in [5.74, 6) is 6.19. The normalized spacial score (nSPS) is 13.6. The van der Waals surface area contributed by atoms with Crippen LogP contribution in [0.15, 0.2) is 66.7 Å². The highest BCUT2D eigenvalue weighted by atomic mass is 35.5. The highest BCUT2D eigenvalue weighted by Crippen LogP contribution is 2.39. The predicted molar refractivity (Wildman–Crippen MR) is 131 cm³/mol. The number of carboxylic acid groups (broad SMARTS) is 1. The van der Waals surface area contributed by atoms with Gasteiger partial charge in [-0.15, -0.1) is 0 Å². The Balaban J connectivity index is 1.62. The first-order chi connectivity index (χ1) is 16.1. The molecular weight excluding hydrogens is 434 g/mol. The van der Waals surface area contributed by atoms with E-state index in [1.165, 1.54) is 12.8 Å². The average molecular weight is 456 g/mol. The number of carbonyl (C=O) groups is 1. The standard InChI is InChI=1S/C28H22ClNO3/c29-26-25-23(30-27(26)28(31)32)17-14-19(11-10-18-6-2-1-3-7-18)24(25)20-12-15-22(16-13-20)33-21-8-4-5-9-21/h1-3,6-7,12-17,21,30H,4-5,8-9H2,(H,31,32). The first-order valence-electron chi connectivity index (χ1n) is 11.0. The van der Waals surface area contributed by atoms with E-state index < -0.39 is 5.97 Å². The maximum absolute atomic E-state index is 11.7. The molecule has 164 valence electrons. The SMILES string of the molecule is O=C(O)c1[nH]c2ccc(C#Cc3ccccc3)c(-c3ccc(OC4CCCC4)cc3)c2c1Cl. The van der Waals surface area contributed by atoms with Crippen molar-refractivity contribution in [2.45, 2.75) is 31.8 Å². The molecule has 0 spiro atoms. The van der Waals surface area contributed by atoms with Gasteiger partial charge in [0, 0.05) is 27.6 Å². The zero-order chi connectivity index (χ0) is 22.8. The van der Waals surface area contributed by atoms with Crippen LogP contribution in [0.1, 0.15) is 47.3 Å². The van der Waals surface area contributed by atoms with E-state index in [1.807, 2.05) is 66.7 Å². The Morgan fingerprint density at radius 3 is 2.39 bits per heavy atom. The summed E-state index contributed by atoms with van der Waals surface area (Å²) >= 11 is 6.56. The first-order valence-corrected chi connectivity index (χ1v) is 11.4. The van der Waals surface area contributed by atoms with Crippen LogP contribution >= 0.6 is 11.6 Å². The summed E-state index contributed by atoms with van der Waals surface area (Å²) in [5, 5.41) is 10.4. The zero-order valence-electron chi connectivity index (χ0n) is 17.9. The number of aromatic nitrogens is 1. The van der Waals surface area contributed by atoms with Gasteiger partial charge in [0.2, 0.25) is 0 Å². The Morgan fingerprint density at radius 2 is 1.70 bits per heavy atom. The van der Waals surface area contributed by atoms with Crippen LogP contribution in [0.25, 0.3) is 22.0 Å². The number of hydrogen-bond donors (Lipinski definition) is 2. The van der Waals surface area contributed by atoms with Gasteiger partial charge in [-0.3, -0.25) is 0 Å². The highest BCUT2D eigenvalue weighted by Gasteiger charge is 2.21. The van der Waals surface area contributed by atoms with Crippen molar-refractivity contribution in [3.8, 4) is 28.7 Å². The minimum absolute atomic E-state index is 0.0257. The molecule has 1 aliphatic rings. The van der Waals surface area contributed by atoms with Gasteiger partial charge in [-0.2, -0.15) is 0 Å². The Morgan fingerprint density at radius 1 is 0.970 bits per heavy atom. The molecular formula is C28H22ClNO3. The predicted octanol–water partition coefficient (Wildman–Crippen LogP) is 6.91. The molecule has 1 aliphatic carbocycles. The molecule has 2 N–H and O–H groups in total. The Bertz CT molecular complexity index is 1370. The summed E-state index contributed by atoms with van der Waals surface area (Å²) in [7, 11) is 0. The molecule has 1 heterocycles. The van der Waals surface area contributed by atoms with Crippen LogP contribution in [0.4, 0.5) is 0 Å². The molecule has 0 aliphatic heterocycles. The summed E-state index contributed by atoms with van der Waals surface area (Å²) in [6.07, 6.45) is 4.90. The van der Waals surface area contributed by atoms with Crippen LogP contribution in [-0.2, 0) is 0 Å². The van der Waals surface area contributed by atoms with Gasteiger partial charge >= 0.3 is 5.97 Å².